The quantitative estimate of drug-likeness (QED) is 0.509. The molecule has 4 rings (SSSR count). The molecule has 0 N–H and O–H groups in total. The lowest BCUT2D eigenvalue weighted by molar-refractivity contribution is -0.137. The van der Waals surface area contributed by atoms with Gasteiger partial charge < -0.3 is 14.2 Å². The number of hydrogen-bond acceptors (Lipinski definition) is 6. The molecular weight excluding hydrogens is 392 g/mol. The van der Waals surface area contributed by atoms with Crippen LogP contribution in [0.15, 0.2) is 59.3 Å². The van der Waals surface area contributed by atoms with E-state index in [2.05, 4.69) is 18.2 Å². The normalized spacial score (nSPS) is 19.9. The Labute approximate surface area is 183 Å². The van der Waals surface area contributed by atoms with Gasteiger partial charge in [-0.2, -0.15) is 5.10 Å². The topological polar surface area (TPSA) is 60.4 Å². The zero-order chi connectivity index (χ0) is 22.0. The van der Waals surface area contributed by atoms with Gasteiger partial charge in [0.1, 0.15) is 11.5 Å². The standard InChI is InChI=1S/C25H28N2O4/c1-5-31-23(28)15-16(2)27-25(17-9-11-18(29-3)12-10-17)21-14-13-19-20(24(21)26-27)7-6-8-22(19)30-4/h6-12,15,21,25H,5,13-14H2,1-4H3/b16-15+. The van der Waals surface area contributed by atoms with Gasteiger partial charge in [-0.3, -0.25) is 5.01 Å². The molecule has 162 valence electrons. The lowest BCUT2D eigenvalue weighted by Gasteiger charge is -2.31. The highest BCUT2D eigenvalue weighted by Gasteiger charge is 2.42. The van der Waals surface area contributed by atoms with Gasteiger partial charge in [-0.25, -0.2) is 4.79 Å². The molecule has 6 heteroatoms. The summed E-state index contributed by atoms with van der Waals surface area (Å²) in [4.78, 5) is 12.1. The molecule has 0 saturated heterocycles. The molecule has 2 unspecified atom stereocenters. The first-order chi connectivity index (χ1) is 15.1. The molecule has 2 aliphatic rings. The Morgan fingerprint density at radius 2 is 1.94 bits per heavy atom. The Hall–Kier alpha value is -3.28. The first-order valence-electron chi connectivity index (χ1n) is 10.6. The van der Waals surface area contributed by atoms with Crippen LogP contribution >= 0.6 is 0 Å². The highest BCUT2D eigenvalue weighted by atomic mass is 16.5. The van der Waals surface area contributed by atoms with E-state index in [-0.39, 0.29) is 17.9 Å². The number of hydrazone groups is 1. The van der Waals surface area contributed by atoms with Crippen molar-refractivity contribution in [3.05, 3.63) is 70.9 Å². The predicted octanol–water partition coefficient (Wildman–Crippen LogP) is 4.49. The summed E-state index contributed by atoms with van der Waals surface area (Å²) >= 11 is 0. The summed E-state index contributed by atoms with van der Waals surface area (Å²) in [6.45, 7) is 4.05. The molecule has 0 saturated carbocycles. The molecule has 1 aliphatic heterocycles. The van der Waals surface area contributed by atoms with E-state index < -0.39 is 0 Å². The van der Waals surface area contributed by atoms with Crippen molar-refractivity contribution in [3.8, 4) is 11.5 Å². The van der Waals surface area contributed by atoms with Crippen LogP contribution in [0.3, 0.4) is 0 Å². The molecule has 1 heterocycles. The summed E-state index contributed by atoms with van der Waals surface area (Å²) in [6, 6.07) is 14.2. The monoisotopic (exact) mass is 420 g/mol. The second-order valence-corrected chi connectivity index (χ2v) is 7.72. The van der Waals surface area contributed by atoms with Crippen molar-refractivity contribution in [1.82, 2.24) is 5.01 Å². The van der Waals surface area contributed by atoms with Crippen molar-refractivity contribution in [2.24, 2.45) is 11.0 Å². The maximum atomic E-state index is 12.1. The smallest absolute Gasteiger partial charge is 0.332 e. The molecule has 0 aromatic heterocycles. The number of fused-ring (bicyclic) bond motifs is 3. The number of nitrogens with zero attached hydrogens (tertiary/aromatic N) is 2. The predicted molar refractivity (Wildman–Crippen MR) is 119 cm³/mol. The third-order valence-electron chi connectivity index (χ3n) is 5.98. The van der Waals surface area contributed by atoms with E-state index in [1.165, 1.54) is 11.6 Å². The fourth-order valence-electron chi connectivity index (χ4n) is 4.57. The van der Waals surface area contributed by atoms with Crippen LogP contribution in [0.2, 0.25) is 0 Å². The first kappa shape index (κ1) is 21.0. The van der Waals surface area contributed by atoms with Crippen molar-refractivity contribution in [1.29, 1.82) is 0 Å². The van der Waals surface area contributed by atoms with E-state index in [0.29, 0.717) is 6.61 Å². The maximum Gasteiger partial charge on any atom is 0.332 e. The number of carbonyl (C=O) groups excluding carboxylic acids is 1. The van der Waals surface area contributed by atoms with Crippen LogP contribution in [0.5, 0.6) is 11.5 Å². The number of benzene rings is 2. The van der Waals surface area contributed by atoms with Gasteiger partial charge in [-0.1, -0.05) is 24.3 Å². The fraction of sp³-hybridized carbons (Fsp3) is 0.360. The van der Waals surface area contributed by atoms with Crippen molar-refractivity contribution in [3.63, 3.8) is 0 Å². The van der Waals surface area contributed by atoms with Gasteiger partial charge >= 0.3 is 5.97 Å². The van der Waals surface area contributed by atoms with Crippen LogP contribution in [0.1, 0.15) is 43.0 Å². The molecule has 2 atom stereocenters. The van der Waals surface area contributed by atoms with Gasteiger partial charge in [0.05, 0.1) is 32.6 Å². The molecule has 0 spiro atoms. The fourth-order valence-corrected chi connectivity index (χ4v) is 4.57. The molecular formula is C25H28N2O4. The largest absolute Gasteiger partial charge is 0.497 e. The maximum absolute atomic E-state index is 12.1. The summed E-state index contributed by atoms with van der Waals surface area (Å²) in [5.41, 5.74) is 5.25. The minimum absolute atomic E-state index is 0.00839. The Balaban J connectivity index is 1.78. The van der Waals surface area contributed by atoms with Gasteiger partial charge in [0, 0.05) is 28.8 Å². The van der Waals surface area contributed by atoms with E-state index in [1.807, 2.05) is 36.2 Å². The van der Waals surface area contributed by atoms with E-state index in [1.54, 1.807) is 21.1 Å². The Morgan fingerprint density at radius 3 is 2.61 bits per heavy atom. The number of ether oxygens (including phenoxy) is 3. The van der Waals surface area contributed by atoms with Crippen molar-refractivity contribution in [2.75, 3.05) is 20.8 Å². The number of allylic oxidation sites excluding steroid dienone is 1. The molecule has 6 nitrogen and oxygen atoms in total. The third-order valence-corrected chi connectivity index (χ3v) is 5.98. The summed E-state index contributed by atoms with van der Waals surface area (Å²) in [7, 11) is 3.37. The summed E-state index contributed by atoms with van der Waals surface area (Å²) in [5, 5.41) is 6.99. The lowest BCUT2D eigenvalue weighted by Crippen LogP contribution is -2.28. The van der Waals surface area contributed by atoms with E-state index >= 15 is 0 Å². The minimum atomic E-state index is -0.356. The molecule has 0 fully saturated rings. The Bertz CT molecular complexity index is 1030. The minimum Gasteiger partial charge on any atom is -0.497 e. The van der Waals surface area contributed by atoms with Crippen LogP contribution in [0.4, 0.5) is 0 Å². The second-order valence-electron chi connectivity index (χ2n) is 7.72. The number of carbonyl (C=O) groups is 1. The van der Waals surface area contributed by atoms with Crippen molar-refractivity contribution in [2.45, 2.75) is 32.7 Å². The number of rotatable bonds is 6. The SMILES string of the molecule is CCOC(=O)/C=C(\C)N1N=C2c3cccc(OC)c3CCC2C1c1ccc(OC)cc1. The second kappa shape index (κ2) is 8.84. The number of esters is 1. The lowest BCUT2D eigenvalue weighted by atomic mass is 9.77. The zero-order valence-electron chi connectivity index (χ0n) is 18.4. The van der Waals surface area contributed by atoms with E-state index in [0.717, 1.165) is 46.9 Å². The van der Waals surface area contributed by atoms with Crippen molar-refractivity contribution >= 4 is 11.7 Å². The molecule has 0 amide bonds. The van der Waals surface area contributed by atoms with Crippen LogP contribution < -0.4 is 9.47 Å². The first-order valence-corrected chi connectivity index (χ1v) is 10.6. The average molecular weight is 421 g/mol. The molecule has 2 aromatic rings. The highest BCUT2D eigenvalue weighted by Crippen LogP contribution is 2.46. The Morgan fingerprint density at radius 1 is 1.16 bits per heavy atom. The van der Waals surface area contributed by atoms with Crippen LogP contribution in [0.25, 0.3) is 0 Å². The van der Waals surface area contributed by atoms with Crippen LogP contribution in [-0.4, -0.2) is 37.5 Å². The summed E-state index contributed by atoms with van der Waals surface area (Å²) in [5.74, 6) is 1.56. The number of hydrogen-bond donors (Lipinski definition) is 0. The van der Waals surface area contributed by atoms with Crippen LogP contribution in [0, 0.1) is 5.92 Å². The van der Waals surface area contributed by atoms with Crippen molar-refractivity contribution < 1.29 is 19.0 Å². The van der Waals surface area contributed by atoms with Gasteiger partial charge in [-0.05, 0) is 50.5 Å². The average Bonchev–Trinajstić information content (AvgIpc) is 3.19. The molecule has 31 heavy (non-hydrogen) atoms. The van der Waals surface area contributed by atoms with Gasteiger partial charge in [-0.15, -0.1) is 0 Å². The van der Waals surface area contributed by atoms with E-state index in [4.69, 9.17) is 19.3 Å². The number of methoxy groups -OCH3 is 2. The Kier molecular flexibility index (Phi) is 5.98. The third kappa shape index (κ3) is 3.90. The summed E-state index contributed by atoms with van der Waals surface area (Å²) < 4.78 is 16.1. The molecule has 2 aromatic carbocycles. The van der Waals surface area contributed by atoms with Gasteiger partial charge in [0.2, 0.25) is 0 Å². The molecule has 1 aliphatic carbocycles. The molecule has 0 radical (unpaired) electrons. The molecule has 0 bridgehead atoms. The van der Waals surface area contributed by atoms with Gasteiger partial charge in [0.25, 0.3) is 0 Å². The van der Waals surface area contributed by atoms with E-state index in [9.17, 15) is 4.79 Å². The zero-order valence-corrected chi connectivity index (χ0v) is 18.4. The highest BCUT2D eigenvalue weighted by molar-refractivity contribution is 6.06. The van der Waals surface area contributed by atoms with Gasteiger partial charge in [0.15, 0.2) is 0 Å². The summed E-state index contributed by atoms with van der Waals surface area (Å²) in [6.07, 6.45) is 3.39. The van der Waals surface area contributed by atoms with Crippen LogP contribution in [-0.2, 0) is 16.0 Å².